The van der Waals surface area contributed by atoms with Gasteiger partial charge in [0.15, 0.2) is 0 Å². The maximum absolute atomic E-state index is 6.13. The first-order valence-electron chi connectivity index (χ1n) is 4.48. The van der Waals surface area contributed by atoms with E-state index in [4.69, 9.17) is 5.73 Å². The smallest absolute Gasteiger partial charge is 0.0663 e. The number of nitrogens with zero attached hydrogens (tertiary/aromatic N) is 1. The van der Waals surface area contributed by atoms with Crippen molar-refractivity contribution in [1.82, 2.24) is 4.98 Å². The van der Waals surface area contributed by atoms with E-state index in [1.165, 1.54) is 10.4 Å². The third-order valence-electron chi connectivity index (χ3n) is 2.26. The van der Waals surface area contributed by atoms with Crippen LogP contribution < -0.4 is 5.73 Å². The Morgan fingerprint density at radius 2 is 2.29 bits per heavy atom. The average molecular weight is 204 g/mol. The van der Waals surface area contributed by atoms with E-state index in [0.717, 1.165) is 5.56 Å². The lowest BCUT2D eigenvalue weighted by atomic mass is 10.0. The lowest BCUT2D eigenvalue weighted by Gasteiger charge is -2.11. The molecule has 0 fully saturated rings. The van der Waals surface area contributed by atoms with Gasteiger partial charge < -0.3 is 5.73 Å². The Hall–Kier alpha value is -1.19. The molecule has 2 aromatic heterocycles. The lowest BCUT2D eigenvalue weighted by molar-refractivity contribution is 0.872. The molecule has 0 aliphatic heterocycles. The van der Waals surface area contributed by atoms with Gasteiger partial charge in [0.05, 0.1) is 6.04 Å². The van der Waals surface area contributed by atoms with Gasteiger partial charge in [-0.3, -0.25) is 4.98 Å². The summed E-state index contributed by atoms with van der Waals surface area (Å²) in [5.74, 6) is 0. The summed E-state index contributed by atoms with van der Waals surface area (Å²) in [5.41, 5.74) is 8.43. The van der Waals surface area contributed by atoms with Gasteiger partial charge in [0.1, 0.15) is 0 Å². The quantitative estimate of drug-likeness (QED) is 0.816. The fourth-order valence-electron chi connectivity index (χ4n) is 1.42. The second-order valence-electron chi connectivity index (χ2n) is 3.23. The van der Waals surface area contributed by atoms with E-state index in [9.17, 15) is 0 Å². The molecule has 2 N–H and O–H groups in total. The SMILES string of the molecule is Cc1ccncc1C(N)c1cccs1. The molecule has 3 heteroatoms. The van der Waals surface area contributed by atoms with Crippen molar-refractivity contribution in [3.05, 3.63) is 52.0 Å². The predicted octanol–water partition coefficient (Wildman–Crippen LogP) is 2.50. The van der Waals surface area contributed by atoms with Crippen LogP contribution in [0.4, 0.5) is 0 Å². The summed E-state index contributed by atoms with van der Waals surface area (Å²) in [6.07, 6.45) is 3.64. The number of nitrogens with two attached hydrogens (primary N) is 1. The van der Waals surface area contributed by atoms with Crippen molar-refractivity contribution in [3.8, 4) is 0 Å². The van der Waals surface area contributed by atoms with Crippen molar-refractivity contribution in [2.24, 2.45) is 5.73 Å². The maximum atomic E-state index is 6.13. The Balaban J connectivity index is 2.37. The van der Waals surface area contributed by atoms with Gasteiger partial charge in [-0.15, -0.1) is 11.3 Å². The van der Waals surface area contributed by atoms with Crippen LogP contribution in [0, 0.1) is 6.92 Å². The third-order valence-corrected chi connectivity index (χ3v) is 3.22. The fourth-order valence-corrected chi connectivity index (χ4v) is 2.17. The zero-order valence-electron chi connectivity index (χ0n) is 7.97. The molecule has 0 saturated carbocycles. The Labute approximate surface area is 87.4 Å². The molecule has 0 aliphatic carbocycles. The van der Waals surface area contributed by atoms with Gasteiger partial charge in [-0.25, -0.2) is 0 Å². The van der Waals surface area contributed by atoms with Crippen molar-refractivity contribution in [2.45, 2.75) is 13.0 Å². The Kier molecular flexibility index (Phi) is 2.61. The highest BCUT2D eigenvalue weighted by molar-refractivity contribution is 7.10. The summed E-state index contributed by atoms with van der Waals surface area (Å²) in [7, 11) is 0. The molecule has 72 valence electrons. The molecule has 0 spiro atoms. The molecule has 0 aromatic carbocycles. The molecule has 2 aromatic rings. The van der Waals surface area contributed by atoms with E-state index in [-0.39, 0.29) is 6.04 Å². The van der Waals surface area contributed by atoms with E-state index in [0.29, 0.717) is 0 Å². The molecular formula is C11H12N2S. The average Bonchev–Trinajstić information content (AvgIpc) is 2.70. The third kappa shape index (κ3) is 1.69. The number of hydrogen-bond donors (Lipinski definition) is 1. The largest absolute Gasteiger partial charge is 0.320 e. The minimum atomic E-state index is -0.0382. The maximum Gasteiger partial charge on any atom is 0.0663 e. The molecular weight excluding hydrogens is 192 g/mol. The standard InChI is InChI=1S/C11H12N2S/c1-8-4-5-13-7-9(8)11(12)10-3-2-6-14-10/h2-7,11H,12H2,1H3. The van der Waals surface area contributed by atoms with Gasteiger partial charge >= 0.3 is 0 Å². The molecule has 2 nitrogen and oxygen atoms in total. The summed E-state index contributed by atoms with van der Waals surface area (Å²) in [5, 5.41) is 2.04. The Morgan fingerprint density at radius 3 is 2.93 bits per heavy atom. The van der Waals surface area contributed by atoms with Crippen LogP contribution in [-0.4, -0.2) is 4.98 Å². The first-order chi connectivity index (χ1) is 6.79. The normalized spacial score (nSPS) is 12.7. The number of pyridine rings is 1. The molecule has 14 heavy (non-hydrogen) atoms. The number of hydrogen-bond acceptors (Lipinski definition) is 3. The summed E-state index contributed by atoms with van der Waals surface area (Å²) >= 11 is 1.68. The summed E-state index contributed by atoms with van der Waals surface area (Å²) in [6, 6.07) is 6.03. The van der Waals surface area contributed by atoms with Gasteiger partial charge in [-0.1, -0.05) is 6.07 Å². The highest BCUT2D eigenvalue weighted by atomic mass is 32.1. The van der Waals surface area contributed by atoms with Crippen molar-refractivity contribution in [1.29, 1.82) is 0 Å². The highest BCUT2D eigenvalue weighted by Crippen LogP contribution is 2.24. The second-order valence-corrected chi connectivity index (χ2v) is 4.20. The molecule has 0 saturated heterocycles. The molecule has 2 heterocycles. The highest BCUT2D eigenvalue weighted by Gasteiger charge is 2.11. The van der Waals surface area contributed by atoms with E-state index < -0.39 is 0 Å². The first-order valence-corrected chi connectivity index (χ1v) is 5.36. The van der Waals surface area contributed by atoms with Crippen molar-refractivity contribution in [2.75, 3.05) is 0 Å². The topological polar surface area (TPSA) is 38.9 Å². The summed E-state index contributed by atoms with van der Waals surface area (Å²) in [6.45, 7) is 2.06. The fraction of sp³-hybridized carbons (Fsp3) is 0.182. The molecule has 0 aliphatic rings. The molecule has 0 bridgehead atoms. The second kappa shape index (κ2) is 3.90. The van der Waals surface area contributed by atoms with E-state index >= 15 is 0 Å². The summed E-state index contributed by atoms with van der Waals surface area (Å²) in [4.78, 5) is 5.28. The number of aryl methyl sites for hydroxylation is 1. The number of thiophene rings is 1. The van der Waals surface area contributed by atoms with Crippen LogP contribution in [0.25, 0.3) is 0 Å². The van der Waals surface area contributed by atoms with Gasteiger partial charge in [0, 0.05) is 17.3 Å². The summed E-state index contributed by atoms with van der Waals surface area (Å²) < 4.78 is 0. The van der Waals surface area contributed by atoms with Crippen molar-refractivity contribution >= 4 is 11.3 Å². The van der Waals surface area contributed by atoms with E-state index in [2.05, 4.69) is 18.0 Å². The monoisotopic (exact) mass is 204 g/mol. The number of aromatic nitrogens is 1. The van der Waals surface area contributed by atoms with E-state index in [1.807, 2.05) is 23.7 Å². The minimum Gasteiger partial charge on any atom is -0.320 e. The Bertz CT molecular complexity index is 409. The van der Waals surface area contributed by atoms with Crippen LogP contribution in [0.15, 0.2) is 36.0 Å². The van der Waals surface area contributed by atoms with Crippen molar-refractivity contribution in [3.63, 3.8) is 0 Å². The van der Waals surface area contributed by atoms with Crippen LogP contribution in [-0.2, 0) is 0 Å². The van der Waals surface area contributed by atoms with Gasteiger partial charge in [-0.05, 0) is 35.6 Å². The zero-order chi connectivity index (χ0) is 9.97. The Morgan fingerprint density at radius 1 is 1.43 bits per heavy atom. The van der Waals surface area contributed by atoms with Crippen molar-refractivity contribution < 1.29 is 0 Å². The first kappa shape index (κ1) is 9.37. The van der Waals surface area contributed by atoms with E-state index in [1.54, 1.807) is 17.5 Å². The van der Waals surface area contributed by atoms with Crippen LogP contribution in [0.3, 0.4) is 0 Å². The molecule has 1 unspecified atom stereocenters. The molecule has 0 amide bonds. The molecule has 2 rings (SSSR count). The van der Waals surface area contributed by atoms with Crippen LogP contribution in [0.1, 0.15) is 22.0 Å². The van der Waals surface area contributed by atoms with Crippen LogP contribution in [0.2, 0.25) is 0 Å². The van der Waals surface area contributed by atoms with Crippen LogP contribution in [0.5, 0.6) is 0 Å². The predicted molar refractivity (Wildman–Crippen MR) is 59.3 cm³/mol. The van der Waals surface area contributed by atoms with Gasteiger partial charge in [-0.2, -0.15) is 0 Å². The van der Waals surface area contributed by atoms with Crippen LogP contribution >= 0.6 is 11.3 Å². The lowest BCUT2D eigenvalue weighted by Crippen LogP contribution is -2.11. The zero-order valence-corrected chi connectivity index (χ0v) is 8.79. The number of rotatable bonds is 2. The minimum absolute atomic E-state index is 0.0382. The molecule has 0 radical (unpaired) electrons. The van der Waals surface area contributed by atoms with Gasteiger partial charge in [0.2, 0.25) is 0 Å². The van der Waals surface area contributed by atoms with Gasteiger partial charge in [0.25, 0.3) is 0 Å². The molecule has 1 atom stereocenters.